The van der Waals surface area contributed by atoms with Crippen molar-refractivity contribution in [2.24, 2.45) is 0 Å². The van der Waals surface area contributed by atoms with Gasteiger partial charge in [0, 0.05) is 37.9 Å². The summed E-state index contributed by atoms with van der Waals surface area (Å²) in [6.45, 7) is 5.16. The molecule has 1 saturated heterocycles. The van der Waals surface area contributed by atoms with Crippen molar-refractivity contribution < 1.29 is 23.5 Å². The lowest BCUT2D eigenvalue weighted by Gasteiger charge is -2.38. The topological polar surface area (TPSA) is 97.8 Å². The number of halogens is 2. The number of pyridine rings is 1. The molecule has 1 atom stereocenters. The van der Waals surface area contributed by atoms with Crippen molar-refractivity contribution in [1.82, 2.24) is 14.8 Å². The van der Waals surface area contributed by atoms with Crippen LogP contribution in [0.3, 0.4) is 0 Å². The van der Waals surface area contributed by atoms with Crippen LogP contribution in [0.5, 0.6) is 0 Å². The van der Waals surface area contributed by atoms with Gasteiger partial charge in [-0.2, -0.15) is 0 Å². The number of aromatic nitrogens is 1. The largest absolute Gasteiger partial charge is 0.465 e. The van der Waals surface area contributed by atoms with Crippen LogP contribution in [0.2, 0.25) is 0 Å². The number of hydrogen-bond donors (Lipinski definition) is 3. The Bertz CT molecular complexity index is 939. The molecule has 8 nitrogen and oxygen atoms in total. The Labute approximate surface area is 172 Å². The maximum atomic E-state index is 14.2. The van der Waals surface area contributed by atoms with Crippen LogP contribution in [0.4, 0.5) is 29.7 Å². The number of carboxylic acid groups (broad SMARTS) is 1. The van der Waals surface area contributed by atoms with Crippen molar-refractivity contribution in [3.63, 3.8) is 0 Å². The number of carbonyl (C=O) groups is 2. The maximum absolute atomic E-state index is 14.2. The molecule has 2 aromatic rings. The van der Waals surface area contributed by atoms with Crippen LogP contribution < -0.4 is 10.6 Å². The van der Waals surface area contributed by atoms with E-state index in [1.54, 1.807) is 26.0 Å². The zero-order chi connectivity index (χ0) is 21.8. The first kappa shape index (κ1) is 21.4. The zero-order valence-corrected chi connectivity index (χ0v) is 16.7. The number of anilines is 2. The third-order valence-electron chi connectivity index (χ3n) is 4.87. The van der Waals surface area contributed by atoms with Crippen LogP contribution in [-0.4, -0.2) is 57.7 Å². The van der Waals surface area contributed by atoms with Crippen LogP contribution in [0.15, 0.2) is 30.5 Å². The molecule has 2 heterocycles. The number of hydrogen-bond acceptors (Lipinski definition) is 4. The number of rotatable bonds is 4. The van der Waals surface area contributed by atoms with Gasteiger partial charge in [-0.25, -0.2) is 18.4 Å². The molecule has 3 amide bonds. The van der Waals surface area contributed by atoms with Gasteiger partial charge in [0.05, 0.1) is 17.6 Å². The highest BCUT2D eigenvalue weighted by atomic mass is 19.2. The summed E-state index contributed by atoms with van der Waals surface area (Å²) in [6, 6.07) is 4.87. The summed E-state index contributed by atoms with van der Waals surface area (Å²) in [6.07, 6.45) is 0.483. The molecule has 160 valence electrons. The standard InChI is InChI=1S/C20H23F2N5O3/c1-12-3-4-15(9-23-12)24-19(28)25-17-8-14(7-16(21)18(17)22)11-26-5-6-27(20(29)30)13(2)10-26/h3-4,7-9,13H,5-6,10-11H2,1-2H3,(H,29,30)(H2,24,25,28). The predicted octanol–water partition coefficient (Wildman–Crippen LogP) is 3.50. The highest BCUT2D eigenvalue weighted by molar-refractivity contribution is 5.99. The molecule has 0 radical (unpaired) electrons. The van der Waals surface area contributed by atoms with E-state index < -0.39 is 23.8 Å². The van der Waals surface area contributed by atoms with Crippen LogP contribution in [0, 0.1) is 18.6 Å². The molecule has 3 N–H and O–H groups in total. The molecule has 0 saturated carbocycles. The molecular formula is C20H23F2N5O3. The second kappa shape index (κ2) is 9.04. The molecule has 30 heavy (non-hydrogen) atoms. The summed E-state index contributed by atoms with van der Waals surface area (Å²) >= 11 is 0. The summed E-state index contributed by atoms with van der Waals surface area (Å²) in [5.41, 5.74) is 1.39. The summed E-state index contributed by atoms with van der Waals surface area (Å²) in [5.74, 6) is -2.22. The summed E-state index contributed by atoms with van der Waals surface area (Å²) in [7, 11) is 0. The van der Waals surface area contributed by atoms with Crippen molar-refractivity contribution >= 4 is 23.5 Å². The Hall–Kier alpha value is -3.27. The zero-order valence-electron chi connectivity index (χ0n) is 16.7. The fraction of sp³-hybridized carbons (Fsp3) is 0.350. The van der Waals surface area contributed by atoms with E-state index in [-0.39, 0.29) is 11.7 Å². The number of nitrogens with zero attached hydrogens (tertiary/aromatic N) is 3. The molecule has 10 heteroatoms. The Kier molecular flexibility index (Phi) is 6.46. The van der Waals surface area contributed by atoms with Gasteiger partial charge in [-0.05, 0) is 43.7 Å². The van der Waals surface area contributed by atoms with Gasteiger partial charge in [0.1, 0.15) is 0 Å². The van der Waals surface area contributed by atoms with E-state index in [9.17, 15) is 18.4 Å². The van der Waals surface area contributed by atoms with Gasteiger partial charge in [-0.15, -0.1) is 0 Å². The molecule has 1 aliphatic heterocycles. The second-order valence-electron chi connectivity index (χ2n) is 7.27. The molecule has 1 aromatic carbocycles. The summed E-state index contributed by atoms with van der Waals surface area (Å²) < 4.78 is 28.3. The van der Waals surface area contributed by atoms with Crippen LogP contribution in [0.25, 0.3) is 0 Å². The second-order valence-corrected chi connectivity index (χ2v) is 7.27. The van der Waals surface area contributed by atoms with E-state index in [0.29, 0.717) is 37.4 Å². The SMILES string of the molecule is Cc1ccc(NC(=O)Nc2cc(CN3CCN(C(=O)O)C(C)C3)cc(F)c2F)cn1. The number of aryl methyl sites for hydroxylation is 1. The van der Waals surface area contributed by atoms with E-state index in [4.69, 9.17) is 5.11 Å². The van der Waals surface area contributed by atoms with Crippen LogP contribution in [-0.2, 0) is 6.54 Å². The summed E-state index contributed by atoms with van der Waals surface area (Å²) in [4.78, 5) is 30.7. The Morgan fingerprint density at radius 3 is 2.63 bits per heavy atom. The first-order chi connectivity index (χ1) is 14.2. The fourth-order valence-corrected chi connectivity index (χ4v) is 3.37. The van der Waals surface area contributed by atoms with Crippen molar-refractivity contribution in [1.29, 1.82) is 0 Å². The Balaban J connectivity index is 1.67. The van der Waals surface area contributed by atoms with E-state index >= 15 is 0 Å². The number of carbonyl (C=O) groups excluding carboxylic acids is 1. The summed E-state index contributed by atoms with van der Waals surface area (Å²) in [5, 5.41) is 14.0. The molecule has 0 spiro atoms. The molecule has 1 aromatic heterocycles. The lowest BCUT2D eigenvalue weighted by molar-refractivity contribution is 0.0711. The van der Waals surface area contributed by atoms with Gasteiger partial charge in [0.15, 0.2) is 11.6 Å². The lowest BCUT2D eigenvalue weighted by Crippen LogP contribution is -2.53. The van der Waals surface area contributed by atoms with Gasteiger partial charge >= 0.3 is 12.1 Å². The van der Waals surface area contributed by atoms with E-state index in [1.807, 2.05) is 4.90 Å². The van der Waals surface area contributed by atoms with Crippen LogP contribution >= 0.6 is 0 Å². The molecular weight excluding hydrogens is 396 g/mol. The van der Waals surface area contributed by atoms with Crippen molar-refractivity contribution in [3.05, 3.63) is 53.4 Å². The predicted molar refractivity (Wildman–Crippen MR) is 107 cm³/mol. The minimum absolute atomic E-state index is 0.215. The minimum atomic E-state index is -1.15. The molecule has 1 fully saturated rings. The fourth-order valence-electron chi connectivity index (χ4n) is 3.37. The van der Waals surface area contributed by atoms with Gasteiger partial charge in [-0.3, -0.25) is 9.88 Å². The van der Waals surface area contributed by atoms with Crippen molar-refractivity contribution in [2.45, 2.75) is 26.4 Å². The number of nitrogens with one attached hydrogen (secondary N) is 2. The molecule has 1 aliphatic rings. The average Bonchev–Trinajstić information content (AvgIpc) is 2.67. The van der Waals surface area contributed by atoms with E-state index in [1.165, 1.54) is 17.2 Å². The van der Waals surface area contributed by atoms with Gasteiger partial charge in [-0.1, -0.05) is 0 Å². The number of benzene rings is 1. The van der Waals surface area contributed by atoms with Gasteiger partial charge < -0.3 is 20.6 Å². The van der Waals surface area contributed by atoms with Crippen molar-refractivity contribution in [3.8, 4) is 0 Å². The monoisotopic (exact) mass is 419 g/mol. The number of urea groups is 1. The molecule has 1 unspecified atom stereocenters. The average molecular weight is 419 g/mol. The third-order valence-corrected chi connectivity index (χ3v) is 4.87. The molecule has 0 aliphatic carbocycles. The maximum Gasteiger partial charge on any atom is 0.407 e. The molecule has 3 rings (SSSR count). The highest BCUT2D eigenvalue weighted by Crippen LogP contribution is 2.22. The quantitative estimate of drug-likeness (QED) is 0.705. The lowest BCUT2D eigenvalue weighted by atomic mass is 10.1. The van der Waals surface area contributed by atoms with Gasteiger partial charge in [0.25, 0.3) is 0 Å². The minimum Gasteiger partial charge on any atom is -0.465 e. The smallest absolute Gasteiger partial charge is 0.407 e. The van der Waals surface area contributed by atoms with Crippen molar-refractivity contribution in [2.75, 3.05) is 30.3 Å². The Morgan fingerprint density at radius 2 is 2.00 bits per heavy atom. The first-order valence-electron chi connectivity index (χ1n) is 9.43. The van der Waals surface area contributed by atoms with E-state index in [2.05, 4.69) is 15.6 Å². The Morgan fingerprint density at radius 1 is 1.23 bits per heavy atom. The highest BCUT2D eigenvalue weighted by Gasteiger charge is 2.27. The van der Waals surface area contributed by atoms with E-state index in [0.717, 1.165) is 11.8 Å². The van der Waals surface area contributed by atoms with Gasteiger partial charge in [0.2, 0.25) is 0 Å². The number of amides is 3. The van der Waals surface area contributed by atoms with Crippen LogP contribution in [0.1, 0.15) is 18.2 Å². The third kappa shape index (κ3) is 5.20. The first-order valence-corrected chi connectivity index (χ1v) is 9.43. The molecule has 0 bridgehead atoms. The number of piperazine rings is 1. The normalized spacial score (nSPS) is 16.9.